The lowest BCUT2D eigenvalue weighted by atomic mass is 10.1. The van der Waals surface area contributed by atoms with Crippen molar-refractivity contribution < 1.29 is 14.3 Å². The third-order valence-corrected chi connectivity index (χ3v) is 3.73. The minimum atomic E-state index is -0.539. The fraction of sp³-hybridized carbons (Fsp3) is 0.263. The Balaban J connectivity index is 1.71. The lowest BCUT2D eigenvalue weighted by molar-refractivity contribution is -0.110. The number of rotatable bonds is 3. The van der Waals surface area contributed by atoms with Crippen molar-refractivity contribution in [3.05, 3.63) is 47.3 Å². The molecule has 1 aromatic carbocycles. The molecule has 7 heteroatoms. The first kappa shape index (κ1) is 17.6. The molecular formula is C19H22N4O3. The Bertz CT molecular complexity index is 890. The van der Waals surface area contributed by atoms with Crippen LogP contribution in [0.2, 0.25) is 0 Å². The lowest BCUT2D eigenvalue weighted by Gasteiger charge is -2.19. The van der Waals surface area contributed by atoms with Gasteiger partial charge in [0.1, 0.15) is 5.60 Å². The smallest absolute Gasteiger partial charge is 0.407 e. The first-order valence-electron chi connectivity index (χ1n) is 8.28. The van der Waals surface area contributed by atoms with E-state index in [0.717, 1.165) is 22.5 Å². The maximum atomic E-state index is 12.2. The fourth-order valence-electron chi connectivity index (χ4n) is 2.64. The summed E-state index contributed by atoms with van der Waals surface area (Å²) in [7, 11) is 0. The summed E-state index contributed by atoms with van der Waals surface area (Å²) in [6.45, 7) is 5.75. The molecule has 0 bridgehead atoms. The van der Waals surface area contributed by atoms with Gasteiger partial charge in [0, 0.05) is 35.4 Å². The standard InChI is InChI=1S/C19H22N4O3/c1-19(2,3)26-18(25)22-10-11-6-13(21-9-11)8-15-14-7-12(20)4-5-16(14)23-17(15)24/h4-9,21H,10,20H2,1-3H3,(H,22,25)(H,23,24). The van der Waals surface area contributed by atoms with Crippen LogP contribution in [0.1, 0.15) is 37.6 Å². The number of hydrogen-bond donors (Lipinski definition) is 4. The zero-order valence-electron chi connectivity index (χ0n) is 15.0. The summed E-state index contributed by atoms with van der Waals surface area (Å²) in [5.74, 6) is -0.173. The number of aromatic nitrogens is 1. The Labute approximate surface area is 151 Å². The van der Waals surface area contributed by atoms with Crippen molar-refractivity contribution >= 4 is 35.0 Å². The van der Waals surface area contributed by atoms with Gasteiger partial charge in [-0.3, -0.25) is 4.79 Å². The normalized spacial score (nSPS) is 14.9. The van der Waals surface area contributed by atoms with E-state index in [4.69, 9.17) is 10.5 Å². The van der Waals surface area contributed by atoms with Crippen molar-refractivity contribution in [1.29, 1.82) is 0 Å². The van der Waals surface area contributed by atoms with Crippen molar-refractivity contribution in [3.63, 3.8) is 0 Å². The molecule has 2 aromatic rings. The molecule has 0 unspecified atom stereocenters. The van der Waals surface area contributed by atoms with E-state index in [1.165, 1.54) is 0 Å². The van der Waals surface area contributed by atoms with Gasteiger partial charge >= 0.3 is 6.09 Å². The Morgan fingerprint density at radius 2 is 2.08 bits per heavy atom. The van der Waals surface area contributed by atoms with Gasteiger partial charge in [-0.15, -0.1) is 0 Å². The highest BCUT2D eigenvalue weighted by Gasteiger charge is 2.24. The Morgan fingerprint density at radius 1 is 1.31 bits per heavy atom. The van der Waals surface area contributed by atoms with Crippen LogP contribution in [0.3, 0.4) is 0 Å². The van der Waals surface area contributed by atoms with Gasteiger partial charge in [0.15, 0.2) is 0 Å². The van der Waals surface area contributed by atoms with Crippen LogP contribution in [-0.4, -0.2) is 22.6 Å². The fourth-order valence-corrected chi connectivity index (χ4v) is 2.64. The lowest BCUT2D eigenvalue weighted by Crippen LogP contribution is -2.32. The van der Waals surface area contributed by atoms with E-state index in [2.05, 4.69) is 15.6 Å². The second kappa shape index (κ2) is 6.59. The number of aromatic amines is 1. The van der Waals surface area contributed by atoms with Crippen molar-refractivity contribution in [2.75, 3.05) is 11.1 Å². The maximum Gasteiger partial charge on any atom is 0.407 e. The Hall–Kier alpha value is -3.22. The molecular weight excluding hydrogens is 332 g/mol. The molecule has 0 aliphatic carbocycles. The summed E-state index contributed by atoms with van der Waals surface area (Å²) in [6, 6.07) is 7.17. The third-order valence-electron chi connectivity index (χ3n) is 3.73. The number of ether oxygens (including phenoxy) is 1. The van der Waals surface area contributed by atoms with E-state index in [1.54, 1.807) is 30.5 Å². The number of hydrogen-bond acceptors (Lipinski definition) is 4. The van der Waals surface area contributed by atoms with Crippen molar-refractivity contribution in [2.45, 2.75) is 32.9 Å². The minimum Gasteiger partial charge on any atom is -0.444 e. The molecule has 0 saturated heterocycles. The first-order chi connectivity index (χ1) is 12.2. The average molecular weight is 354 g/mol. The highest BCUT2D eigenvalue weighted by molar-refractivity contribution is 6.35. The number of benzene rings is 1. The molecule has 7 nitrogen and oxygen atoms in total. The van der Waals surface area contributed by atoms with Gasteiger partial charge in [-0.1, -0.05) is 0 Å². The molecule has 26 heavy (non-hydrogen) atoms. The summed E-state index contributed by atoms with van der Waals surface area (Å²) in [5.41, 5.74) is 9.57. The monoisotopic (exact) mass is 354 g/mol. The van der Waals surface area contributed by atoms with E-state index in [0.29, 0.717) is 17.8 Å². The summed E-state index contributed by atoms with van der Waals surface area (Å²) in [6.07, 6.45) is 3.06. The second-order valence-electron chi connectivity index (χ2n) is 7.14. The highest BCUT2D eigenvalue weighted by Crippen LogP contribution is 2.34. The molecule has 0 radical (unpaired) electrons. The van der Waals surface area contributed by atoms with Crippen LogP contribution in [0.4, 0.5) is 16.2 Å². The van der Waals surface area contributed by atoms with Crippen LogP contribution < -0.4 is 16.4 Å². The zero-order valence-corrected chi connectivity index (χ0v) is 15.0. The molecule has 1 aliphatic heterocycles. The van der Waals surface area contributed by atoms with Crippen LogP contribution in [0.5, 0.6) is 0 Å². The average Bonchev–Trinajstić information content (AvgIpc) is 3.09. The van der Waals surface area contributed by atoms with Gasteiger partial charge in [-0.2, -0.15) is 0 Å². The number of nitrogen functional groups attached to an aromatic ring is 1. The number of H-pyrrole nitrogens is 1. The van der Waals surface area contributed by atoms with Crippen molar-refractivity contribution in [3.8, 4) is 0 Å². The SMILES string of the molecule is CC(C)(C)OC(=O)NCc1c[nH]c(C=C2C(=O)Nc3ccc(N)cc32)c1. The highest BCUT2D eigenvalue weighted by atomic mass is 16.6. The van der Waals surface area contributed by atoms with Crippen LogP contribution in [0.15, 0.2) is 30.5 Å². The van der Waals surface area contributed by atoms with Gasteiger partial charge in [-0.05, 0) is 56.7 Å². The number of fused-ring (bicyclic) bond motifs is 1. The predicted molar refractivity (Wildman–Crippen MR) is 101 cm³/mol. The van der Waals surface area contributed by atoms with Gasteiger partial charge in [-0.25, -0.2) is 4.79 Å². The minimum absolute atomic E-state index is 0.173. The number of anilines is 2. The van der Waals surface area contributed by atoms with Crippen LogP contribution in [0, 0.1) is 0 Å². The summed E-state index contributed by atoms with van der Waals surface area (Å²) >= 11 is 0. The molecule has 2 amide bonds. The Morgan fingerprint density at radius 3 is 2.81 bits per heavy atom. The number of amides is 2. The van der Waals surface area contributed by atoms with Gasteiger partial charge < -0.3 is 26.1 Å². The second-order valence-corrected chi connectivity index (χ2v) is 7.14. The van der Waals surface area contributed by atoms with E-state index in [-0.39, 0.29) is 5.91 Å². The number of alkyl carbamates (subject to hydrolysis) is 1. The van der Waals surface area contributed by atoms with E-state index in [9.17, 15) is 9.59 Å². The molecule has 0 fully saturated rings. The topological polar surface area (TPSA) is 109 Å². The molecule has 2 heterocycles. The predicted octanol–water partition coefficient (Wildman–Crippen LogP) is 3.11. The van der Waals surface area contributed by atoms with E-state index >= 15 is 0 Å². The summed E-state index contributed by atoms with van der Waals surface area (Å²) in [4.78, 5) is 27.0. The quantitative estimate of drug-likeness (QED) is 0.501. The number of carbonyl (C=O) groups excluding carboxylic acids is 2. The van der Waals surface area contributed by atoms with Gasteiger partial charge in [0.2, 0.25) is 0 Å². The van der Waals surface area contributed by atoms with Crippen molar-refractivity contribution in [1.82, 2.24) is 10.3 Å². The van der Waals surface area contributed by atoms with Crippen LogP contribution in [0.25, 0.3) is 11.6 Å². The van der Waals surface area contributed by atoms with E-state index < -0.39 is 11.7 Å². The Kier molecular flexibility index (Phi) is 4.46. The molecule has 0 spiro atoms. The van der Waals surface area contributed by atoms with Gasteiger partial charge in [0.05, 0.1) is 5.57 Å². The molecule has 0 saturated carbocycles. The molecule has 5 N–H and O–H groups in total. The van der Waals surface area contributed by atoms with Gasteiger partial charge in [0.25, 0.3) is 5.91 Å². The number of carbonyl (C=O) groups is 2. The van der Waals surface area contributed by atoms with Crippen LogP contribution in [-0.2, 0) is 16.1 Å². The van der Waals surface area contributed by atoms with Crippen LogP contribution >= 0.6 is 0 Å². The molecule has 3 rings (SSSR count). The summed E-state index contributed by atoms with van der Waals surface area (Å²) < 4.78 is 5.20. The largest absolute Gasteiger partial charge is 0.444 e. The maximum absolute atomic E-state index is 12.2. The van der Waals surface area contributed by atoms with E-state index in [1.807, 2.05) is 26.8 Å². The molecule has 136 valence electrons. The van der Waals surface area contributed by atoms with Crippen molar-refractivity contribution in [2.24, 2.45) is 0 Å². The molecule has 1 aliphatic rings. The first-order valence-corrected chi connectivity index (χ1v) is 8.28. The molecule has 0 atom stereocenters. The third kappa shape index (κ3) is 4.05. The summed E-state index contributed by atoms with van der Waals surface area (Å²) in [5, 5.41) is 5.51. The number of nitrogens with two attached hydrogens (primary N) is 1. The number of nitrogens with one attached hydrogen (secondary N) is 3. The molecule has 1 aromatic heterocycles. The zero-order chi connectivity index (χ0) is 18.9.